The fraction of sp³-hybridized carbons (Fsp3) is 1.00. The van der Waals surface area contributed by atoms with E-state index in [0.717, 1.165) is 11.8 Å². The Kier molecular flexibility index (Phi) is 1.80. The Balaban J connectivity index is 2.54. The molecule has 1 unspecified atom stereocenters. The van der Waals surface area contributed by atoms with Crippen molar-refractivity contribution in [1.29, 1.82) is 0 Å². The minimum absolute atomic E-state index is 0.468. The van der Waals surface area contributed by atoms with E-state index in [-0.39, 0.29) is 0 Å². The molecular weight excluding hydrogens is 112 g/mol. The normalized spacial score (nSPS) is 52.0. The summed E-state index contributed by atoms with van der Waals surface area (Å²) >= 11 is 0. The predicted molar refractivity (Wildman–Crippen MR) is 38.3 cm³/mol. The first kappa shape index (κ1) is 7.07. The maximum atomic E-state index is 5.59. The molecule has 0 saturated carbocycles. The fourth-order valence-electron chi connectivity index (χ4n) is 1.44. The summed E-state index contributed by atoms with van der Waals surface area (Å²) in [5.74, 6) is 1.47. The molecule has 0 N–H and O–H groups in total. The summed E-state index contributed by atoms with van der Waals surface area (Å²) in [6.07, 6.45) is 0.935. The lowest BCUT2D eigenvalue weighted by Crippen LogP contribution is -2.12. The molecule has 1 fully saturated rings. The zero-order valence-corrected chi connectivity index (χ0v) is 6.72. The quantitative estimate of drug-likeness (QED) is 0.485. The van der Waals surface area contributed by atoms with Gasteiger partial charge in [-0.25, -0.2) is 0 Å². The van der Waals surface area contributed by atoms with Gasteiger partial charge in [0.1, 0.15) is 0 Å². The minimum atomic E-state index is 0.468. The first-order valence-corrected chi connectivity index (χ1v) is 3.78. The van der Waals surface area contributed by atoms with Crippen LogP contribution < -0.4 is 0 Å². The van der Waals surface area contributed by atoms with Crippen molar-refractivity contribution < 1.29 is 4.74 Å². The highest BCUT2D eigenvalue weighted by molar-refractivity contribution is 4.80. The predicted octanol–water partition coefficient (Wildman–Crippen LogP) is 2.07. The summed E-state index contributed by atoms with van der Waals surface area (Å²) in [7, 11) is 0. The zero-order chi connectivity index (χ0) is 7.02. The van der Waals surface area contributed by atoms with E-state index >= 15 is 0 Å². The van der Waals surface area contributed by atoms with Crippen LogP contribution in [0.5, 0.6) is 0 Å². The van der Waals surface area contributed by atoms with Crippen LogP contribution in [0.4, 0.5) is 0 Å². The third-order valence-corrected chi connectivity index (χ3v) is 2.74. The van der Waals surface area contributed by atoms with Crippen molar-refractivity contribution in [3.8, 4) is 0 Å². The molecule has 1 heterocycles. The molecule has 1 aliphatic heterocycles. The highest BCUT2D eigenvalue weighted by atomic mass is 16.5. The van der Waals surface area contributed by atoms with Crippen molar-refractivity contribution >= 4 is 0 Å². The van der Waals surface area contributed by atoms with Crippen LogP contribution >= 0.6 is 0 Å². The van der Waals surface area contributed by atoms with Gasteiger partial charge in [0.15, 0.2) is 0 Å². The van der Waals surface area contributed by atoms with Gasteiger partial charge >= 0.3 is 0 Å². The maximum absolute atomic E-state index is 5.59. The summed E-state index contributed by atoms with van der Waals surface area (Å²) in [6.45, 7) is 8.84. The van der Waals surface area contributed by atoms with Crippen LogP contribution in [-0.2, 0) is 4.74 Å². The van der Waals surface area contributed by atoms with Gasteiger partial charge in [0.2, 0.25) is 0 Å². The van der Waals surface area contributed by atoms with Gasteiger partial charge in [-0.2, -0.15) is 0 Å². The molecule has 0 aromatic rings. The van der Waals surface area contributed by atoms with Crippen molar-refractivity contribution in [2.75, 3.05) is 0 Å². The van der Waals surface area contributed by atoms with Gasteiger partial charge in [0.25, 0.3) is 0 Å². The maximum Gasteiger partial charge on any atom is 0.0579 e. The smallest absolute Gasteiger partial charge is 0.0579 e. The SMILES string of the molecule is CC1[C@@H](C)O[C@@H](C)[C@H]1C. The summed E-state index contributed by atoms with van der Waals surface area (Å²) < 4.78 is 5.59. The Morgan fingerprint density at radius 3 is 1.22 bits per heavy atom. The molecule has 1 rings (SSSR count). The molecule has 0 aliphatic carbocycles. The minimum Gasteiger partial charge on any atom is -0.375 e. The van der Waals surface area contributed by atoms with E-state index in [1.165, 1.54) is 0 Å². The molecule has 0 aromatic heterocycles. The van der Waals surface area contributed by atoms with Gasteiger partial charge < -0.3 is 4.74 Å². The molecule has 0 bridgehead atoms. The molecule has 4 atom stereocenters. The third-order valence-electron chi connectivity index (χ3n) is 2.74. The van der Waals surface area contributed by atoms with Crippen molar-refractivity contribution in [1.82, 2.24) is 0 Å². The molecular formula is C8H16O. The molecule has 0 aromatic carbocycles. The second-order valence-corrected chi connectivity index (χ2v) is 3.26. The molecule has 1 heteroatoms. The number of ether oxygens (including phenoxy) is 1. The Hall–Kier alpha value is -0.0400. The second-order valence-electron chi connectivity index (χ2n) is 3.26. The third kappa shape index (κ3) is 1.11. The average Bonchev–Trinajstić information content (AvgIpc) is 1.98. The summed E-state index contributed by atoms with van der Waals surface area (Å²) in [5.41, 5.74) is 0. The lowest BCUT2D eigenvalue weighted by Gasteiger charge is -2.10. The standard InChI is InChI=1S/C8H16O/c1-5-6(2)8(4)9-7(5)3/h5-8H,1-4H3/t5-,6?,7-,8+/m0/s1. The Bertz CT molecular complexity index is 88.7. The highest BCUT2D eigenvalue weighted by Gasteiger charge is 2.32. The topological polar surface area (TPSA) is 9.23 Å². The van der Waals surface area contributed by atoms with Crippen LogP contribution in [0.15, 0.2) is 0 Å². The first-order chi connectivity index (χ1) is 4.13. The Morgan fingerprint density at radius 2 is 1.11 bits per heavy atom. The van der Waals surface area contributed by atoms with E-state index < -0.39 is 0 Å². The lowest BCUT2D eigenvalue weighted by molar-refractivity contribution is 0.0524. The molecule has 0 spiro atoms. The molecule has 1 aliphatic rings. The van der Waals surface area contributed by atoms with E-state index in [1.807, 2.05) is 0 Å². The van der Waals surface area contributed by atoms with Crippen molar-refractivity contribution in [3.63, 3.8) is 0 Å². The molecule has 0 radical (unpaired) electrons. The molecule has 0 amide bonds. The van der Waals surface area contributed by atoms with Crippen LogP contribution in [-0.4, -0.2) is 12.2 Å². The van der Waals surface area contributed by atoms with E-state index in [1.54, 1.807) is 0 Å². The average molecular weight is 128 g/mol. The molecule has 1 nitrogen and oxygen atoms in total. The largest absolute Gasteiger partial charge is 0.375 e. The number of rotatable bonds is 0. The zero-order valence-electron chi connectivity index (χ0n) is 6.72. The van der Waals surface area contributed by atoms with Gasteiger partial charge in [-0.05, 0) is 25.7 Å². The van der Waals surface area contributed by atoms with Crippen LogP contribution in [0.3, 0.4) is 0 Å². The highest BCUT2D eigenvalue weighted by Crippen LogP contribution is 2.30. The van der Waals surface area contributed by atoms with E-state index in [0.29, 0.717) is 12.2 Å². The fourth-order valence-corrected chi connectivity index (χ4v) is 1.44. The monoisotopic (exact) mass is 128 g/mol. The number of hydrogen-bond donors (Lipinski definition) is 0. The van der Waals surface area contributed by atoms with Crippen LogP contribution in [0.25, 0.3) is 0 Å². The van der Waals surface area contributed by atoms with Crippen LogP contribution in [0.1, 0.15) is 27.7 Å². The van der Waals surface area contributed by atoms with Crippen molar-refractivity contribution in [3.05, 3.63) is 0 Å². The molecule has 9 heavy (non-hydrogen) atoms. The summed E-state index contributed by atoms with van der Waals surface area (Å²) in [4.78, 5) is 0. The first-order valence-electron chi connectivity index (χ1n) is 3.78. The van der Waals surface area contributed by atoms with Crippen LogP contribution in [0, 0.1) is 11.8 Å². The molecule has 54 valence electrons. The number of hydrogen-bond acceptors (Lipinski definition) is 1. The van der Waals surface area contributed by atoms with E-state index in [2.05, 4.69) is 27.7 Å². The molecule has 1 saturated heterocycles. The lowest BCUT2D eigenvalue weighted by atomic mass is 9.92. The van der Waals surface area contributed by atoms with Gasteiger partial charge in [-0.1, -0.05) is 13.8 Å². The van der Waals surface area contributed by atoms with Gasteiger partial charge in [-0.15, -0.1) is 0 Å². The van der Waals surface area contributed by atoms with E-state index in [9.17, 15) is 0 Å². The van der Waals surface area contributed by atoms with Gasteiger partial charge in [0.05, 0.1) is 12.2 Å². The summed E-state index contributed by atoms with van der Waals surface area (Å²) in [6, 6.07) is 0. The van der Waals surface area contributed by atoms with Gasteiger partial charge in [0, 0.05) is 0 Å². The van der Waals surface area contributed by atoms with Crippen LogP contribution in [0.2, 0.25) is 0 Å². The van der Waals surface area contributed by atoms with Gasteiger partial charge in [-0.3, -0.25) is 0 Å². The van der Waals surface area contributed by atoms with Crippen molar-refractivity contribution in [2.24, 2.45) is 11.8 Å². The Labute approximate surface area is 57.4 Å². The van der Waals surface area contributed by atoms with Crippen molar-refractivity contribution in [2.45, 2.75) is 39.9 Å². The summed E-state index contributed by atoms with van der Waals surface area (Å²) in [5, 5.41) is 0. The second kappa shape index (κ2) is 2.30. The van der Waals surface area contributed by atoms with E-state index in [4.69, 9.17) is 4.74 Å². The Morgan fingerprint density at radius 1 is 0.778 bits per heavy atom.